The molecule has 0 atom stereocenters. The Morgan fingerprint density at radius 1 is 0.846 bits per heavy atom. The monoisotopic (exact) mass is 383 g/mol. The molecule has 0 spiro atoms. The fraction of sp³-hybridized carbons (Fsp3) is 0.727. The van der Waals surface area contributed by atoms with E-state index in [0.717, 1.165) is 0 Å². The van der Waals surface area contributed by atoms with Crippen LogP contribution in [0.4, 0.5) is 0 Å². The Morgan fingerprint density at radius 2 is 1.27 bits per heavy atom. The molecular weight excluding hydrogens is 341 g/mol. The zero-order valence-electron chi connectivity index (χ0n) is 17.6. The van der Waals surface area contributed by atoms with Gasteiger partial charge in [-0.1, -0.05) is 6.07 Å². The molecule has 0 saturated carbocycles. The summed E-state index contributed by atoms with van der Waals surface area (Å²) in [7, 11) is -0.879. The molecule has 4 heteroatoms. The van der Waals surface area contributed by atoms with Crippen molar-refractivity contribution < 1.29 is 9.90 Å². The van der Waals surface area contributed by atoms with Gasteiger partial charge in [0, 0.05) is 6.20 Å². The number of pyridine rings is 1. The molecule has 152 valence electrons. The summed E-state index contributed by atoms with van der Waals surface area (Å²) in [6, 6.07) is 4.76. The molecule has 0 aliphatic carbocycles. The van der Waals surface area contributed by atoms with Crippen molar-refractivity contribution in [1.29, 1.82) is 0 Å². The Labute approximate surface area is 162 Å². The zero-order valence-corrected chi connectivity index (χ0v) is 18.6. The number of aromatic nitrogens is 1. The first-order valence-corrected chi connectivity index (χ1v) is 13.5. The Morgan fingerprint density at radius 3 is 1.50 bits per heavy atom. The van der Waals surface area contributed by atoms with Crippen LogP contribution in [0.2, 0.25) is 0 Å². The molecule has 0 unspecified atom stereocenters. The van der Waals surface area contributed by atoms with E-state index in [4.69, 9.17) is 5.11 Å². The van der Waals surface area contributed by atoms with Crippen LogP contribution in [0.15, 0.2) is 24.4 Å². The van der Waals surface area contributed by atoms with Crippen LogP contribution in [0, 0.1) is 0 Å². The third kappa shape index (κ3) is 11.6. The van der Waals surface area contributed by atoms with Gasteiger partial charge in [-0.2, -0.15) is 0 Å². The summed E-state index contributed by atoms with van der Waals surface area (Å²) in [4.78, 5) is 13.7. The molecule has 0 aromatic carbocycles. The van der Waals surface area contributed by atoms with Gasteiger partial charge >= 0.3 is 117 Å². The second-order valence-corrected chi connectivity index (χ2v) is 12.4. The molecule has 1 N–H and O–H groups in total. The topological polar surface area (TPSA) is 50.2 Å². The normalized spacial score (nSPS) is 11.5. The number of nitrogens with zero attached hydrogens (tertiary/aromatic N) is 1. The molecular formula is C22H42NO2P. The van der Waals surface area contributed by atoms with Gasteiger partial charge in [-0.15, -0.1) is 0 Å². The van der Waals surface area contributed by atoms with Gasteiger partial charge in [0.25, 0.3) is 0 Å². The van der Waals surface area contributed by atoms with Gasteiger partial charge in [0.05, 0.1) is 0 Å². The first kappa shape index (κ1) is 25.1. The van der Waals surface area contributed by atoms with Gasteiger partial charge in [0.15, 0.2) is 0 Å². The van der Waals surface area contributed by atoms with E-state index in [0.29, 0.717) is 0 Å². The van der Waals surface area contributed by atoms with Gasteiger partial charge < -0.3 is 5.11 Å². The van der Waals surface area contributed by atoms with Crippen molar-refractivity contribution in [3.05, 3.63) is 30.1 Å². The number of hydrogen-bond donors (Lipinski definition) is 1. The second kappa shape index (κ2) is 16.2. The molecule has 1 heterocycles. The van der Waals surface area contributed by atoms with E-state index in [1.165, 1.54) is 63.6 Å². The van der Waals surface area contributed by atoms with Gasteiger partial charge in [-0.05, 0) is 12.1 Å². The summed E-state index contributed by atoms with van der Waals surface area (Å²) in [5, 5.41) is 8.32. The Hall–Kier alpha value is -0.950. The van der Waals surface area contributed by atoms with Crippen molar-refractivity contribution in [2.75, 3.05) is 24.6 Å². The third-order valence-electron chi connectivity index (χ3n) is 5.13. The average molecular weight is 384 g/mol. The molecule has 3 nitrogen and oxygen atoms in total. The quantitative estimate of drug-likeness (QED) is 0.385. The molecule has 0 bridgehead atoms. The van der Waals surface area contributed by atoms with Gasteiger partial charge in [-0.3, -0.25) is 0 Å². The van der Waals surface area contributed by atoms with E-state index in [1.807, 2.05) is 0 Å². The SMILES string of the molecule is CCCC[PH](CCCC)(CCCC)CCCC.O=C(O)c1ccccn1. The first-order chi connectivity index (χ1) is 12.5. The maximum absolute atomic E-state index is 10.1. The Balaban J connectivity index is 0.000000577. The minimum absolute atomic E-state index is 0.0810. The van der Waals surface area contributed by atoms with Gasteiger partial charge in [0.2, 0.25) is 0 Å². The van der Waals surface area contributed by atoms with Crippen molar-refractivity contribution in [3.63, 3.8) is 0 Å². The van der Waals surface area contributed by atoms with Crippen molar-refractivity contribution in [2.45, 2.75) is 79.1 Å². The van der Waals surface area contributed by atoms with Crippen molar-refractivity contribution in [1.82, 2.24) is 4.98 Å². The molecule has 0 saturated heterocycles. The molecule has 1 aromatic heterocycles. The second-order valence-electron chi connectivity index (χ2n) is 7.43. The number of carboxylic acid groups (broad SMARTS) is 1. The maximum Gasteiger partial charge on any atom is 0.354 e. The van der Waals surface area contributed by atoms with Crippen molar-refractivity contribution in [3.8, 4) is 0 Å². The zero-order chi connectivity index (χ0) is 19.7. The summed E-state index contributed by atoms with van der Waals surface area (Å²) >= 11 is 0. The minimum atomic E-state index is -0.990. The molecule has 1 aromatic rings. The maximum atomic E-state index is 10.1. The fourth-order valence-electron chi connectivity index (χ4n) is 3.45. The first-order valence-electron chi connectivity index (χ1n) is 10.7. The summed E-state index contributed by atoms with van der Waals surface area (Å²) < 4.78 is 0. The predicted molar refractivity (Wildman–Crippen MR) is 119 cm³/mol. The Kier molecular flexibility index (Phi) is 15.6. The van der Waals surface area contributed by atoms with Crippen LogP contribution in [0.3, 0.4) is 0 Å². The van der Waals surface area contributed by atoms with Crippen molar-refractivity contribution in [2.24, 2.45) is 0 Å². The molecule has 0 aliphatic rings. The summed E-state index contributed by atoms with van der Waals surface area (Å²) in [6.07, 6.45) is 19.6. The van der Waals surface area contributed by atoms with Crippen LogP contribution < -0.4 is 0 Å². The molecule has 0 aliphatic heterocycles. The summed E-state index contributed by atoms with van der Waals surface area (Å²) in [5.41, 5.74) is 0.0810. The van der Waals surface area contributed by atoms with Crippen LogP contribution in [0.5, 0.6) is 0 Å². The van der Waals surface area contributed by atoms with Crippen LogP contribution >= 0.6 is 7.26 Å². The van der Waals surface area contributed by atoms with Gasteiger partial charge in [0.1, 0.15) is 5.69 Å². The van der Waals surface area contributed by atoms with Crippen LogP contribution in [0.25, 0.3) is 0 Å². The Bertz CT molecular complexity index is 413. The number of aromatic carboxylic acids is 1. The van der Waals surface area contributed by atoms with E-state index < -0.39 is 13.2 Å². The molecule has 0 fully saturated rings. The number of rotatable bonds is 13. The van der Waals surface area contributed by atoms with Crippen LogP contribution in [-0.4, -0.2) is 40.7 Å². The number of unbranched alkanes of at least 4 members (excludes halogenated alkanes) is 4. The minimum Gasteiger partial charge on any atom is -0.477 e. The van der Waals surface area contributed by atoms with E-state index in [9.17, 15) is 4.79 Å². The summed E-state index contributed by atoms with van der Waals surface area (Å²) in [5.74, 6) is -0.990. The predicted octanol–water partition coefficient (Wildman–Crippen LogP) is 6.72. The third-order valence-corrected chi connectivity index (χ3v) is 10.8. The molecule has 0 amide bonds. The van der Waals surface area contributed by atoms with Crippen LogP contribution in [-0.2, 0) is 0 Å². The smallest absolute Gasteiger partial charge is 0.354 e. The summed E-state index contributed by atoms with van der Waals surface area (Å²) in [6.45, 7) is 9.44. The number of carbonyl (C=O) groups is 1. The molecule has 0 radical (unpaired) electrons. The molecule has 1 rings (SSSR count). The average Bonchev–Trinajstić information content (AvgIpc) is 2.68. The molecule has 26 heavy (non-hydrogen) atoms. The number of hydrogen-bond acceptors (Lipinski definition) is 2. The standard InChI is InChI=1S/C16H37P.C6H5NO2/c1-5-9-13-17(14-10-6-2,15-11-7-3)16-12-8-4;8-6(9)5-3-1-2-4-7-5/h17H,5-16H2,1-4H3;1-4H,(H,8,9). The van der Waals surface area contributed by atoms with Crippen LogP contribution in [0.1, 0.15) is 89.5 Å². The fourth-order valence-corrected chi connectivity index (χ4v) is 9.36. The largest absolute Gasteiger partial charge is 0.477 e. The van der Waals surface area contributed by atoms with Gasteiger partial charge in [-0.25, -0.2) is 9.78 Å². The van der Waals surface area contributed by atoms with E-state index >= 15 is 0 Å². The van der Waals surface area contributed by atoms with E-state index in [2.05, 4.69) is 32.7 Å². The van der Waals surface area contributed by atoms with E-state index in [-0.39, 0.29) is 5.69 Å². The van der Waals surface area contributed by atoms with Crippen molar-refractivity contribution >= 4 is 13.2 Å². The number of carboxylic acids is 1. The van der Waals surface area contributed by atoms with E-state index in [1.54, 1.807) is 36.8 Å².